The highest BCUT2D eigenvalue weighted by molar-refractivity contribution is 7.89. The number of hydrogen-bond acceptors (Lipinski definition) is 5. The van der Waals surface area contributed by atoms with E-state index in [9.17, 15) is 18.0 Å². The first-order valence-corrected chi connectivity index (χ1v) is 15.1. The molecule has 0 radical (unpaired) electrons. The topological polar surface area (TPSA) is 96.0 Å². The summed E-state index contributed by atoms with van der Waals surface area (Å²) in [5.74, 6) is -0.549. The van der Waals surface area contributed by atoms with Crippen molar-refractivity contribution in [1.82, 2.24) is 9.62 Å². The second kappa shape index (κ2) is 11.8. The summed E-state index contributed by atoms with van der Waals surface area (Å²) in [6.07, 6.45) is 0.972. The third-order valence-corrected chi connectivity index (χ3v) is 9.59. The second-order valence-corrected chi connectivity index (χ2v) is 12.4. The van der Waals surface area contributed by atoms with E-state index in [1.807, 2.05) is 55.5 Å². The molecular formula is C31H35N3O5S. The van der Waals surface area contributed by atoms with Gasteiger partial charge in [0.15, 0.2) is 6.10 Å². The number of carbonyl (C=O) groups is 2. The van der Waals surface area contributed by atoms with E-state index in [1.54, 1.807) is 36.1 Å². The van der Waals surface area contributed by atoms with Crippen LogP contribution in [0.15, 0.2) is 77.7 Å². The normalized spacial score (nSPS) is 19.4. The van der Waals surface area contributed by atoms with Gasteiger partial charge in [-0.2, -0.15) is 4.31 Å². The smallest absolute Gasteiger partial charge is 0.262 e. The van der Waals surface area contributed by atoms with Gasteiger partial charge in [0, 0.05) is 19.6 Å². The van der Waals surface area contributed by atoms with Crippen LogP contribution < -0.4 is 15.0 Å². The standard InChI is InChI=1S/C31H35N3O5S/c1-22-14-15-23(2)29(19-22)40(37,38)33-18-8-11-25(20-33)31(36)34-21-28(39-27-13-7-6-12-26(27)34)30(35)32-17-16-24-9-4-3-5-10-24/h3-7,9-10,12-15,19,25,28H,8,11,16-18,20-21H2,1-2H3,(H,32,35)/t25-,28-/m0/s1. The largest absolute Gasteiger partial charge is 0.477 e. The van der Waals surface area contributed by atoms with E-state index in [1.165, 1.54) is 4.31 Å². The van der Waals surface area contributed by atoms with Crippen molar-refractivity contribution >= 4 is 27.5 Å². The van der Waals surface area contributed by atoms with E-state index in [4.69, 9.17) is 4.74 Å². The van der Waals surface area contributed by atoms with Crippen LogP contribution in [0.1, 0.15) is 29.5 Å². The van der Waals surface area contributed by atoms with Crippen LogP contribution >= 0.6 is 0 Å². The van der Waals surface area contributed by atoms with Gasteiger partial charge in [0.2, 0.25) is 15.9 Å². The fourth-order valence-electron chi connectivity index (χ4n) is 5.38. The maximum Gasteiger partial charge on any atom is 0.262 e. The molecule has 2 aliphatic heterocycles. The number of nitrogens with one attached hydrogen (secondary N) is 1. The minimum atomic E-state index is -3.76. The fraction of sp³-hybridized carbons (Fsp3) is 0.355. The predicted octanol–water partition coefficient (Wildman–Crippen LogP) is 3.86. The molecule has 2 aliphatic rings. The molecule has 2 atom stereocenters. The molecule has 5 rings (SSSR count). The van der Waals surface area contributed by atoms with E-state index in [0.717, 1.165) is 11.1 Å². The molecule has 3 aromatic rings. The summed E-state index contributed by atoms with van der Waals surface area (Å²) in [5, 5.41) is 2.94. The molecule has 0 aromatic heterocycles. The van der Waals surface area contributed by atoms with Gasteiger partial charge in [0.1, 0.15) is 5.75 Å². The van der Waals surface area contributed by atoms with E-state index >= 15 is 0 Å². The van der Waals surface area contributed by atoms with Gasteiger partial charge in [-0.05, 0) is 68.0 Å². The molecule has 1 N–H and O–H groups in total. The van der Waals surface area contributed by atoms with Gasteiger partial charge in [0.25, 0.3) is 5.91 Å². The molecule has 1 saturated heterocycles. The summed E-state index contributed by atoms with van der Waals surface area (Å²) in [5.41, 5.74) is 3.26. The Morgan fingerprint density at radius 2 is 1.73 bits per heavy atom. The summed E-state index contributed by atoms with van der Waals surface area (Å²) in [4.78, 5) is 28.9. The third kappa shape index (κ3) is 5.90. The van der Waals surface area contributed by atoms with Crippen LogP contribution in [0.3, 0.4) is 0 Å². The van der Waals surface area contributed by atoms with Gasteiger partial charge in [-0.1, -0.05) is 54.6 Å². The lowest BCUT2D eigenvalue weighted by Crippen LogP contribution is -2.54. The van der Waals surface area contributed by atoms with Crippen LogP contribution in [-0.4, -0.2) is 56.8 Å². The van der Waals surface area contributed by atoms with E-state index in [2.05, 4.69) is 5.32 Å². The maximum atomic E-state index is 13.9. The van der Waals surface area contributed by atoms with Gasteiger partial charge in [-0.15, -0.1) is 0 Å². The lowest BCUT2D eigenvalue weighted by Gasteiger charge is -2.38. The van der Waals surface area contributed by atoms with Crippen molar-refractivity contribution in [1.29, 1.82) is 0 Å². The van der Waals surface area contributed by atoms with Crippen molar-refractivity contribution in [2.75, 3.05) is 31.1 Å². The molecule has 0 bridgehead atoms. The first-order chi connectivity index (χ1) is 19.2. The molecule has 0 unspecified atom stereocenters. The van der Waals surface area contributed by atoms with Gasteiger partial charge in [-0.3, -0.25) is 9.59 Å². The Hall–Kier alpha value is -3.69. The Morgan fingerprint density at radius 3 is 2.52 bits per heavy atom. The maximum absolute atomic E-state index is 13.9. The number of piperidine rings is 1. The lowest BCUT2D eigenvalue weighted by atomic mass is 9.97. The van der Waals surface area contributed by atoms with Gasteiger partial charge in [0.05, 0.1) is 23.0 Å². The number of anilines is 1. The highest BCUT2D eigenvalue weighted by atomic mass is 32.2. The minimum Gasteiger partial charge on any atom is -0.477 e. The Kier molecular flexibility index (Phi) is 8.23. The average molecular weight is 562 g/mol. The zero-order valence-corrected chi connectivity index (χ0v) is 23.7. The third-order valence-electron chi connectivity index (χ3n) is 7.58. The molecule has 2 amide bonds. The quantitative estimate of drug-likeness (QED) is 0.473. The number of rotatable bonds is 7. The summed E-state index contributed by atoms with van der Waals surface area (Å²) in [6, 6.07) is 22.4. The monoisotopic (exact) mass is 561 g/mol. The molecule has 1 fully saturated rings. The van der Waals surface area contributed by atoms with E-state index in [0.29, 0.717) is 49.4 Å². The number of benzene rings is 3. The number of fused-ring (bicyclic) bond motifs is 1. The fourth-order valence-corrected chi connectivity index (χ4v) is 7.21. The van der Waals surface area contributed by atoms with Crippen molar-refractivity contribution in [2.24, 2.45) is 5.92 Å². The van der Waals surface area contributed by atoms with Gasteiger partial charge >= 0.3 is 0 Å². The van der Waals surface area contributed by atoms with Crippen molar-refractivity contribution in [3.63, 3.8) is 0 Å². The molecule has 0 spiro atoms. The number of sulfonamides is 1. The number of nitrogens with zero attached hydrogens (tertiary/aromatic N) is 2. The highest BCUT2D eigenvalue weighted by Gasteiger charge is 2.40. The summed E-state index contributed by atoms with van der Waals surface area (Å²) >= 11 is 0. The van der Waals surface area contributed by atoms with Crippen molar-refractivity contribution in [3.05, 3.63) is 89.5 Å². The van der Waals surface area contributed by atoms with E-state index < -0.39 is 22.0 Å². The molecule has 3 aromatic carbocycles. The number of ether oxygens (including phenoxy) is 1. The molecule has 2 heterocycles. The summed E-state index contributed by atoms with van der Waals surface area (Å²) in [6.45, 7) is 4.63. The highest BCUT2D eigenvalue weighted by Crippen LogP contribution is 2.36. The van der Waals surface area contributed by atoms with Crippen molar-refractivity contribution < 1.29 is 22.7 Å². The minimum absolute atomic E-state index is 0.0628. The van der Waals surface area contributed by atoms with E-state index in [-0.39, 0.29) is 29.8 Å². The van der Waals surface area contributed by atoms with Crippen molar-refractivity contribution in [3.8, 4) is 5.75 Å². The summed E-state index contributed by atoms with van der Waals surface area (Å²) in [7, 11) is -3.76. The number of hydrogen-bond donors (Lipinski definition) is 1. The Labute approximate surface area is 236 Å². The summed E-state index contributed by atoms with van der Waals surface area (Å²) < 4.78 is 34.6. The number of aryl methyl sites for hydroxylation is 2. The first-order valence-electron chi connectivity index (χ1n) is 13.7. The van der Waals surface area contributed by atoms with Crippen LogP contribution in [0.4, 0.5) is 5.69 Å². The van der Waals surface area contributed by atoms with Crippen LogP contribution in [0.25, 0.3) is 0 Å². The Bertz CT molecular complexity index is 1490. The van der Waals surface area contributed by atoms with Crippen LogP contribution in [-0.2, 0) is 26.0 Å². The molecule has 8 nitrogen and oxygen atoms in total. The zero-order valence-electron chi connectivity index (χ0n) is 22.9. The molecule has 9 heteroatoms. The second-order valence-electron chi connectivity index (χ2n) is 10.5. The van der Waals surface area contributed by atoms with Crippen LogP contribution in [0, 0.1) is 19.8 Å². The van der Waals surface area contributed by atoms with Crippen LogP contribution in [0.5, 0.6) is 5.75 Å². The first kappa shape index (κ1) is 27.9. The van der Waals surface area contributed by atoms with Crippen molar-refractivity contribution in [2.45, 2.75) is 44.1 Å². The van der Waals surface area contributed by atoms with Crippen LogP contribution in [0.2, 0.25) is 0 Å². The number of para-hydroxylation sites is 2. The Balaban J connectivity index is 1.31. The van der Waals surface area contributed by atoms with Gasteiger partial charge in [-0.25, -0.2) is 8.42 Å². The molecule has 0 saturated carbocycles. The number of carbonyl (C=O) groups excluding carboxylic acids is 2. The van der Waals surface area contributed by atoms with Gasteiger partial charge < -0.3 is 15.0 Å². The molecular weight excluding hydrogens is 526 g/mol. The predicted molar refractivity (Wildman–Crippen MR) is 154 cm³/mol. The number of amides is 2. The molecule has 0 aliphatic carbocycles. The molecule has 40 heavy (non-hydrogen) atoms. The SMILES string of the molecule is Cc1ccc(C)c(S(=O)(=O)N2CCC[C@H](C(=O)N3C[C@@H](C(=O)NCCc4ccccc4)Oc4ccccc43)C2)c1. The Morgan fingerprint density at radius 1 is 0.975 bits per heavy atom. The molecule has 210 valence electrons. The lowest BCUT2D eigenvalue weighted by molar-refractivity contribution is -0.129. The average Bonchev–Trinajstić information content (AvgIpc) is 2.98. The zero-order chi connectivity index (χ0) is 28.3.